The first-order valence-corrected chi connectivity index (χ1v) is 5.23. The Bertz CT molecular complexity index is 235. The van der Waals surface area contributed by atoms with Crippen LogP contribution in [-0.2, 0) is 13.8 Å². The minimum Gasteiger partial charge on any atom is -0.394 e. The van der Waals surface area contributed by atoms with Crippen LogP contribution in [0, 0.1) is 0 Å². The van der Waals surface area contributed by atoms with Gasteiger partial charge in [-0.3, -0.25) is 0 Å². The van der Waals surface area contributed by atoms with Crippen LogP contribution in [0.5, 0.6) is 0 Å². The summed E-state index contributed by atoms with van der Waals surface area (Å²) >= 11 is 0. The highest BCUT2D eigenvalue weighted by Crippen LogP contribution is 2.28. The maximum Gasteiger partial charge on any atom is 0.695 e. The normalized spacial score (nSPS) is 42.7. The van der Waals surface area contributed by atoms with Gasteiger partial charge in [0.25, 0.3) is 0 Å². The Kier molecular flexibility index (Phi) is 4.50. The van der Waals surface area contributed by atoms with Crippen LogP contribution in [0.3, 0.4) is 0 Å². The lowest BCUT2D eigenvalue weighted by molar-refractivity contribution is -0.280. The zero-order valence-electron chi connectivity index (χ0n) is 7.50. The van der Waals surface area contributed by atoms with Crippen LogP contribution >= 0.6 is 8.25 Å². The third-order valence-corrected chi connectivity index (χ3v) is 2.48. The highest BCUT2D eigenvalue weighted by atomic mass is 31.1. The largest absolute Gasteiger partial charge is 0.695 e. The van der Waals surface area contributed by atoms with Crippen LogP contribution < -0.4 is 0 Å². The summed E-state index contributed by atoms with van der Waals surface area (Å²) in [7, 11) is -3.04. The fourth-order valence-electron chi connectivity index (χ4n) is 1.29. The SMILES string of the molecule is O=[P+](O)O[C@@H]1[C@@H](O)[C@H](O)[C@@H](CO)O[C@@H]1O. The molecule has 0 aromatic rings. The van der Waals surface area contributed by atoms with E-state index < -0.39 is 45.6 Å². The summed E-state index contributed by atoms with van der Waals surface area (Å²) in [4.78, 5) is 8.43. The summed E-state index contributed by atoms with van der Waals surface area (Å²) in [5.41, 5.74) is 0. The van der Waals surface area contributed by atoms with Crippen molar-refractivity contribution in [3.8, 4) is 0 Å². The lowest BCUT2D eigenvalue weighted by atomic mass is 9.99. The number of aliphatic hydroxyl groups is 4. The van der Waals surface area contributed by atoms with Crippen molar-refractivity contribution in [1.29, 1.82) is 0 Å². The molecule has 1 unspecified atom stereocenters. The summed E-state index contributed by atoms with van der Waals surface area (Å²) in [5, 5.41) is 36.7. The molecule has 1 aliphatic heterocycles. The maximum absolute atomic E-state index is 10.3. The lowest BCUT2D eigenvalue weighted by Crippen LogP contribution is -2.58. The van der Waals surface area contributed by atoms with E-state index in [1.807, 2.05) is 0 Å². The summed E-state index contributed by atoms with van der Waals surface area (Å²) in [6.07, 6.45) is -7.50. The molecular formula is C6H12O8P+. The second kappa shape index (κ2) is 5.24. The van der Waals surface area contributed by atoms with Crippen LogP contribution in [0.25, 0.3) is 0 Å². The summed E-state index contributed by atoms with van der Waals surface area (Å²) < 4.78 is 19.3. The Morgan fingerprint density at radius 3 is 2.33 bits per heavy atom. The number of ether oxygens (including phenoxy) is 1. The zero-order chi connectivity index (χ0) is 11.6. The van der Waals surface area contributed by atoms with E-state index in [0.29, 0.717) is 0 Å². The van der Waals surface area contributed by atoms with E-state index in [4.69, 9.17) is 10.00 Å². The van der Waals surface area contributed by atoms with Gasteiger partial charge in [0, 0.05) is 4.57 Å². The summed E-state index contributed by atoms with van der Waals surface area (Å²) in [6.45, 7) is -0.604. The Labute approximate surface area is 85.6 Å². The van der Waals surface area contributed by atoms with Crippen LogP contribution in [0.4, 0.5) is 0 Å². The molecule has 1 saturated heterocycles. The molecule has 0 radical (unpaired) electrons. The van der Waals surface area contributed by atoms with Gasteiger partial charge in [0.2, 0.25) is 0 Å². The van der Waals surface area contributed by atoms with Gasteiger partial charge in [-0.25, -0.2) is 0 Å². The van der Waals surface area contributed by atoms with Crippen molar-refractivity contribution < 1.29 is 39.1 Å². The van der Waals surface area contributed by atoms with E-state index in [0.717, 1.165) is 0 Å². The van der Waals surface area contributed by atoms with Crippen molar-refractivity contribution in [1.82, 2.24) is 0 Å². The predicted molar refractivity (Wildman–Crippen MR) is 44.7 cm³/mol. The Balaban J connectivity index is 2.70. The third kappa shape index (κ3) is 2.90. The highest BCUT2D eigenvalue weighted by Gasteiger charge is 2.48. The molecule has 9 heteroatoms. The van der Waals surface area contributed by atoms with Gasteiger partial charge in [-0.15, -0.1) is 9.42 Å². The number of rotatable bonds is 3. The highest BCUT2D eigenvalue weighted by molar-refractivity contribution is 7.32. The van der Waals surface area contributed by atoms with Crippen molar-refractivity contribution in [2.45, 2.75) is 30.7 Å². The van der Waals surface area contributed by atoms with Crippen molar-refractivity contribution in [2.24, 2.45) is 0 Å². The molecular weight excluding hydrogens is 231 g/mol. The van der Waals surface area contributed by atoms with Gasteiger partial charge in [-0.1, -0.05) is 0 Å². The lowest BCUT2D eigenvalue weighted by Gasteiger charge is -2.36. The zero-order valence-corrected chi connectivity index (χ0v) is 8.40. The minimum atomic E-state index is -3.04. The molecule has 1 fully saturated rings. The molecule has 5 N–H and O–H groups in total. The van der Waals surface area contributed by atoms with Gasteiger partial charge in [-0.05, 0) is 0 Å². The Morgan fingerprint density at radius 2 is 1.87 bits per heavy atom. The van der Waals surface area contributed by atoms with Crippen LogP contribution in [0.2, 0.25) is 0 Å². The van der Waals surface area contributed by atoms with Gasteiger partial charge in [0.05, 0.1) is 6.61 Å². The standard InChI is InChI=1S/C6H11O8P/c7-1-2-3(8)4(9)5(6(10)13-2)14-15(11)12/h2-10H,1H2/p+1/t2-,3-,4+,5-,6+/m1/s1. The smallest absolute Gasteiger partial charge is 0.394 e. The van der Waals surface area contributed by atoms with E-state index in [-0.39, 0.29) is 0 Å². The second-order valence-electron chi connectivity index (χ2n) is 3.04. The summed E-state index contributed by atoms with van der Waals surface area (Å²) in [6, 6.07) is 0. The Morgan fingerprint density at radius 1 is 1.27 bits per heavy atom. The van der Waals surface area contributed by atoms with Gasteiger partial charge in [0.15, 0.2) is 12.4 Å². The molecule has 0 bridgehead atoms. The van der Waals surface area contributed by atoms with E-state index in [1.165, 1.54) is 0 Å². The average Bonchev–Trinajstić information content (AvgIpc) is 2.18. The van der Waals surface area contributed by atoms with Crippen molar-refractivity contribution >= 4 is 8.25 Å². The Hall–Kier alpha value is -0.180. The monoisotopic (exact) mass is 243 g/mol. The van der Waals surface area contributed by atoms with E-state index in [1.54, 1.807) is 0 Å². The van der Waals surface area contributed by atoms with Crippen LogP contribution in [-0.4, -0.2) is 62.6 Å². The van der Waals surface area contributed by atoms with Gasteiger partial charge < -0.3 is 25.2 Å². The van der Waals surface area contributed by atoms with Crippen LogP contribution in [0.1, 0.15) is 0 Å². The fraction of sp³-hybridized carbons (Fsp3) is 1.00. The molecule has 1 aliphatic rings. The van der Waals surface area contributed by atoms with Gasteiger partial charge in [-0.2, -0.15) is 0 Å². The number of aliphatic hydroxyl groups excluding tert-OH is 4. The molecule has 0 aliphatic carbocycles. The molecule has 1 rings (SSSR count). The van der Waals surface area contributed by atoms with Crippen molar-refractivity contribution in [3.05, 3.63) is 0 Å². The topological polar surface area (TPSA) is 137 Å². The first-order valence-electron chi connectivity index (χ1n) is 4.10. The predicted octanol–water partition coefficient (Wildman–Crippen LogP) is -2.55. The number of hydrogen-bond acceptors (Lipinski definition) is 7. The minimum absolute atomic E-state index is 0.604. The molecule has 88 valence electrons. The molecule has 0 aromatic carbocycles. The van der Waals surface area contributed by atoms with Crippen molar-refractivity contribution in [2.75, 3.05) is 6.61 Å². The first-order chi connectivity index (χ1) is 6.97. The fourth-order valence-corrected chi connectivity index (χ4v) is 1.73. The molecule has 8 nitrogen and oxygen atoms in total. The molecule has 1 heterocycles. The van der Waals surface area contributed by atoms with E-state index in [2.05, 4.69) is 9.26 Å². The van der Waals surface area contributed by atoms with Crippen LogP contribution in [0.15, 0.2) is 0 Å². The van der Waals surface area contributed by atoms with E-state index >= 15 is 0 Å². The maximum atomic E-state index is 10.3. The molecule has 15 heavy (non-hydrogen) atoms. The molecule has 0 saturated carbocycles. The van der Waals surface area contributed by atoms with Gasteiger partial charge in [0.1, 0.15) is 18.3 Å². The number of hydrogen-bond donors (Lipinski definition) is 5. The first kappa shape index (κ1) is 12.9. The quantitative estimate of drug-likeness (QED) is 0.342. The summed E-state index contributed by atoms with van der Waals surface area (Å²) in [5.74, 6) is 0. The molecule has 0 amide bonds. The van der Waals surface area contributed by atoms with E-state index in [9.17, 15) is 19.9 Å². The van der Waals surface area contributed by atoms with Gasteiger partial charge >= 0.3 is 8.25 Å². The molecule has 0 spiro atoms. The van der Waals surface area contributed by atoms with Crippen molar-refractivity contribution in [3.63, 3.8) is 0 Å². The molecule has 0 aromatic heterocycles. The molecule has 6 atom stereocenters. The second-order valence-corrected chi connectivity index (χ2v) is 3.72. The average molecular weight is 243 g/mol. The third-order valence-electron chi connectivity index (χ3n) is 2.05.